The van der Waals surface area contributed by atoms with E-state index in [0.29, 0.717) is 5.56 Å². The summed E-state index contributed by atoms with van der Waals surface area (Å²) in [7, 11) is 0. The summed E-state index contributed by atoms with van der Waals surface area (Å²) in [6, 6.07) is 7.13. The van der Waals surface area contributed by atoms with Gasteiger partial charge in [0.25, 0.3) is 5.24 Å². The second-order valence-electron chi connectivity index (χ2n) is 2.71. The predicted molar refractivity (Wildman–Crippen MR) is 51.9 cm³/mol. The molecule has 64 valence electrons. The van der Waals surface area contributed by atoms with Crippen molar-refractivity contribution < 1.29 is 4.79 Å². The third-order valence-corrected chi connectivity index (χ3v) is 2.09. The molecular formula is C10H6ClNO. The van der Waals surface area contributed by atoms with E-state index >= 15 is 0 Å². The summed E-state index contributed by atoms with van der Waals surface area (Å²) >= 11 is 5.35. The molecule has 2 rings (SSSR count). The van der Waals surface area contributed by atoms with Gasteiger partial charge >= 0.3 is 0 Å². The van der Waals surface area contributed by atoms with Gasteiger partial charge < -0.3 is 0 Å². The molecule has 0 fully saturated rings. The lowest BCUT2D eigenvalue weighted by molar-refractivity contribution is 0.108. The van der Waals surface area contributed by atoms with Gasteiger partial charge in [-0.2, -0.15) is 0 Å². The van der Waals surface area contributed by atoms with Gasteiger partial charge in [-0.1, -0.05) is 6.07 Å². The Morgan fingerprint density at radius 2 is 2.08 bits per heavy atom. The van der Waals surface area contributed by atoms with Crippen molar-refractivity contribution in [3.8, 4) is 0 Å². The number of aromatic nitrogens is 1. The van der Waals surface area contributed by atoms with Crippen LogP contribution in [0.4, 0.5) is 0 Å². The predicted octanol–water partition coefficient (Wildman–Crippen LogP) is 2.61. The average molecular weight is 192 g/mol. The van der Waals surface area contributed by atoms with Crippen molar-refractivity contribution in [2.45, 2.75) is 0 Å². The maximum atomic E-state index is 10.8. The lowest BCUT2D eigenvalue weighted by Crippen LogP contribution is -1.87. The highest BCUT2D eigenvalue weighted by molar-refractivity contribution is 6.67. The smallest absolute Gasteiger partial charge is 0.252 e. The lowest BCUT2D eigenvalue weighted by Gasteiger charge is -1.97. The molecule has 0 bridgehead atoms. The molecule has 0 aliphatic rings. The van der Waals surface area contributed by atoms with Crippen LogP contribution in [0.1, 0.15) is 10.4 Å². The first-order valence-corrected chi connectivity index (χ1v) is 4.19. The number of nitrogens with zero attached hydrogens (tertiary/aromatic N) is 1. The van der Waals surface area contributed by atoms with E-state index in [2.05, 4.69) is 4.98 Å². The Balaban J connectivity index is 2.69. The molecule has 0 radical (unpaired) electrons. The summed E-state index contributed by atoms with van der Waals surface area (Å²) in [4.78, 5) is 14.8. The van der Waals surface area contributed by atoms with Gasteiger partial charge in [-0.15, -0.1) is 0 Å². The molecule has 0 unspecified atom stereocenters. The Bertz CT molecular complexity index is 467. The SMILES string of the molecule is O=C(Cl)c1ccc2cnccc2c1. The van der Waals surface area contributed by atoms with Gasteiger partial charge in [-0.3, -0.25) is 9.78 Å². The highest BCUT2D eigenvalue weighted by Gasteiger charge is 2.01. The van der Waals surface area contributed by atoms with Crippen LogP contribution in [0.2, 0.25) is 0 Å². The summed E-state index contributed by atoms with van der Waals surface area (Å²) in [5.41, 5.74) is 0.514. The third-order valence-electron chi connectivity index (χ3n) is 1.87. The van der Waals surface area contributed by atoms with Crippen LogP contribution in [0.15, 0.2) is 36.7 Å². The first kappa shape index (κ1) is 8.20. The van der Waals surface area contributed by atoms with E-state index < -0.39 is 5.24 Å². The lowest BCUT2D eigenvalue weighted by atomic mass is 10.1. The molecule has 0 amide bonds. The van der Waals surface area contributed by atoms with Crippen LogP contribution < -0.4 is 0 Å². The first-order chi connectivity index (χ1) is 6.27. The highest BCUT2D eigenvalue weighted by atomic mass is 35.5. The van der Waals surface area contributed by atoms with Crippen molar-refractivity contribution in [2.24, 2.45) is 0 Å². The largest absolute Gasteiger partial charge is 0.276 e. The van der Waals surface area contributed by atoms with Crippen LogP contribution in [-0.4, -0.2) is 10.2 Å². The Morgan fingerprint density at radius 1 is 1.23 bits per heavy atom. The Kier molecular flexibility index (Phi) is 1.99. The van der Waals surface area contributed by atoms with Crippen molar-refractivity contribution in [3.63, 3.8) is 0 Å². The Labute approximate surface area is 80.2 Å². The molecular weight excluding hydrogens is 186 g/mol. The van der Waals surface area contributed by atoms with Crippen LogP contribution in [0.3, 0.4) is 0 Å². The fourth-order valence-electron chi connectivity index (χ4n) is 1.21. The van der Waals surface area contributed by atoms with Gasteiger partial charge in [-0.25, -0.2) is 0 Å². The number of benzene rings is 1. The highest BCUT2D eigenvalue weighted by Crippen LogP contribution is 2.15. The summed E-state index contributed by atoms with van der Waals surface area (Å²) in [5.74, 6) is 0. The molecule has 13 heavy (non-hydrogen) atoms. The summed E-state index contributed by atoms with van der Waals surface area (Å²) in [5, 5.41) is 1.55. The van der Waals surface area contributed by atoms with Crippen LogP contribution in [-0.2, 0) is 0 Å². The molecule has 1 aromatic carbocycles. The third kappa shape index (κ3) is 1.53. The van der Waals surface area contributed by atoms with E-state index in [1.807, 2.05) is 12.1 Å². The first-order valence-electron chi connectivity index (χ1n) is 3.81. The van der Waals surface area contributed by atoms with Gasteiger partial charge in [0, 0.05) is 23.3 Å². The van der Waals surface area contributed by atoms with Crippen molar-refractivity contribution >= 4 is 27.6 Å². The molecule has 0 N–H and O–H groups in total. The number of pyridine rings is 1. The monoisotopic (exact) mass is 191 g/mol. The van der Waals surface area contributed by atoms with E-state index in [1.165, 1.54) is 0 Å². The second kappa shape index (κ2) is 3.15. The fraction of sp³-hybridized carbons (Fsp3) is 0. The molecule has 0 saturated carbocycles. The minimum atomic E-state index is -0.432. The molecule has 0 aliphatic heterocycles. The van der Waals surface area contributed by atoms with Gasteiger partial charge in [-0.05, 0) is 35.2 Å². The average Bonchev–Trinajstić information content (AvgIpc) is 2.17. The summed E-state index contributed by atoms with van der Waals surface area (Å²) < 4.78 is 0. The van der Waals surface area contributed by atoms with E-state index in [4.69, 9.17) is 11.6 Å². The number of hydrogen-bond donors (Lipinski definition) is 0. The van der Waals surface area contributed by atoms with Crippen LogP contribution in [0.25, 0.3) is 10.8 Å². The molecule has 0 atom stereocenters. The van der Waals surface area contributed by atoms with E-state index in [-0.39, 0.29) is 0 Å². The molecule has 0 spiro atoms. The van der Waals surface area contributed by atoms with E-state index in [1.54, 1.807) is 24.5 Å². The van der Waals surface area contributed by atoms with E-state index in [9.17, 15) is 4.79 Å². The number of rotatable bonds is 1. The van der Waals surface area contributed by atoms with Crippen molar-refractivity contribution in [1.82, 2.24) is 4.98 Å². The minimum Gasteiger partial charge on any atom is -0.276 e. The fourth-order valence-corrected chi connectivity index (χ4v) is 1.32. The minimum absolute atomic E-state index is 0.432. The number of fused-ring (bicyclic) bond motifs is 1. The quantitative estimate of drug-likeness (QED) is 0.649. The van der Waals surface area contributed by atoms with Crippen LogP contribution in [0, 0.1) is 0 Å². The zero-order valence-electron chi connectivity index (χ0n) is 6.70. The molecule has 3 heteroatoms. The summed E-state index contributed by atoms with van der Waals surface area (Å²) in [6.45, 7) is 0. The topological polar surface area (TPSA) is 30.0 Å². The van der Waals surface area contributed by atoms with Crippen molar-refractivity contribution in [1.29, 1.82) is 0 Å². The molecule has 1 heterocycles. The maximum Gasteiger partial charge on any atom is 0.252 e. The standard InChI is InChI=1S/C10H6ClNO/c11-10(13)8-1-2-9-6-12-4-3-7(9)5-8/h1-6H. The van der Waals surface area contributed by atoms with Gasteiger partial charge in [0.05, 0.1) is 0 Å². The van der Waals surface area contributed by atoms with Crippen molar-refractivity contribution in [2.75, 3.05) is 0 Å². The van der Waals surface area contributed by atoms with Gasteiger partial charge in [0.2, 0.25) is 0 Å². The number of carbonyl (C=O) groups excluding carboxylic acids is 1. The normalized spacial score (nSPS) is 10.2. The molecule has 1 aromatic heterocycles. The zero-order valence-corrected chi connectivity index (χ0v) is 7.45. The van der Waals surface area contributed by atoms with Gasteiger partial charge in [0.1, 0.15) is 0 Å². The van der Waals surface area contributed by atoms with Gasteiger partial charge in [0.15, 0.2) is 0 Å². The molecule has 0 saturated heterocycles. The molecule has 2 aromatic rings. The Hall–Kier alpha value is -1.41. The van der Waals surface area contributed by atoms with E-state index in [0.717, 1.165) is 10.8 Å². The number of carbonyl (C=O) groups is 1. The van der Waals surface area contributed by atoms with Crippen molar-refractivity contribution in [3.05, 3.63) is 42.2 Å². The zero-order chi connectivity index (χ0) is 9.26. The maximum absolute atomic E-state index is 10.8. The summed E-state index contributed by atoms with van der Waals surface area (Å²) in [6.07, 6.45) is 3.43. The molecule has 0 aliphatic carbocycles. The van der Waals surface area contributed by atoms with Crippen LogP contribution >= 0.6 is 11.6 Å². The number of halogens is 1. The Morgan fingerprint density at radius 3 is 2.85 bits per heavy atom. The number of hydrogen-bond acceptors (Lipinski definition) is 2. The van der Waals surface area contributed by atoms with Crippen LogP contribution in [0.5, 0.6) is 0 Å². The molecule has 2 nitrogen and oxygen atoms in total. The second-order valence-corrected chi connectivity index (χ2v) is 3.05.